The molecule has 0 aliphatic heterocycles. The first-order valence-corrected chi connectivity index (χ1v) is 5.87. The van der Waals surface area contributed by atoms with Crippen molar-refractivity contribution in [2.24, 2.45) is 10.7 Å². The molecule has 0 saturated heterocycles. The van der Waals surface area contributed by atoms with Gasteiger partial charge in [-0.05, 0) is 6.42 Å². The van der Waals surface area contributed by atoms with Gasteiger partial charge in [0.15, 0.2) is 5.03 Å². The van der Waals surface area contributed by atoms with E-state index in [1.165, 1.54) is 32.1 Å². The molecular formula is C10H22N4O2. The van der Waals surface area contributed by atoms with Crippen molar-refractivity contribution in [3.8, 4) is 0 Å². The van der Waals surface area contributed by atoms with Crippen LogP contribution in [-0.2, 0) is 0 Å². The second-order valence-electron chi connectivity index (χ2n) is 3.76. The fourth-order valence-corrected chi connectivity index (χ4v) is 1.40. The zero-order valence-electron chi connectivity index (χ0n) is 9.95. The maximum absolute atomic E-state index is 9.98. The summed E-state index contributed by atoms with van der Waals surface area (Å²) in [5.41, 5.74) is 7.06. The van der Waals surface area contributed by atoms with Crippen LogP contribution >= 0.6 is 0 Å². The van der Waals surface area contributed by atoms with E-state index in [0.717, 1.165) is 12.8 Å². The Bertz CT molecular complexity index is 219. The Morgan fingerprint density at radius 3 is 2.38 bits per heavy atom. The van der Waals surface area contributed by atoms with Crippen molar-refractivity contribution in [1.29, 1.82) is 0 Å². The van der Waals surface area contributed by atoms with Crippen molar-refractivity contribution in [3.63, 3.8) is 0 Å². The summed E-state index contributed by atoms with van der Waals surface area (Å²) in [6.45, 7) is 2.75. The number of guanidine groups is 1. The number of nitro groups is 1. The van der Waals surface area contributed by atoms with E-state index in [0.29, 0.717) is 6.54 Å². The Hall–Kier alpha value is -1.33. The molecule has 0 aromatic carbocycles. The van der Waals surface area contributed by atoms with Crippen LogP contribution in [0.1, 0.15) is 51.9 Å². The molecule has 0 amide bonds. The molecule has 0 aromatic heterocycles. The number of hydrogen-bond acceptors (Lipinski definition) is 3. The third kappa shape index (κ3) is 10.7. The van der Waals surface area contributed by atoms with Crippen LogP contribution in [-0.4, -0.2) is 17.5 Å². The van der Waals surface area contributed by atoms with Crippen LogP contribution in [0.15, 0.2) is 4.99 Å². The van der Waals surface area contributed by atoms with E-state index in [1.54, 1.807) is 0 Å². The molecule has 3 N–H and O–H groups in total. The molecule has 0 atom stereocenters. The van der Waals surface area contributed by atoms with Crippen molar-refractivity contribution < 1.29 is 5.03 Å². The maximum Gasteiger partial charge on any atom is 0.251 e. The highest BCUT2D eigenvalue weighted by Gasteiger charge is 1.97. The number of hydrazine groups is 1. The molecule has 0 heterocycles. The summed E-state index contributed by atoms with van der Waals surface area (Å²) in [4.78, 5) is 13.8. The molecule has 0 saturated carbocycles. The van der Waals surface area contributed by atoms with Gasteiger partial charge >= 0.3 is 0 Å². The topological polar surface area (TPSA) is 93.5 Å². The van der Waals surface area contributed by atoms with E-state index in [4.69, 9.17) is 5.73 Å². The third-order valence-corrected chi connectivity index (χ3v) is 2.25. The first-order chi connectivity index (χ1) is 7.66. The number of rotatable bonds is 9. The van der Waals surface area contributed by atoms with Crippen LogP contribution < -0.4 is 11.2 Å². The number of aliphatic imine (C=N–C) groups is 1. The highest BCUT2D eigenvalue weighted by atomic mass is 16.7. The molecule has 0 rings (SSSR count). The van der Waals surface area contributed by atoms with Gasteiger partial charge in [0.25, 0.3) is 5.96 Å². The monoisotopic (exact) mass is 230 g/mol. The quantitative estimate of drug-likeness (QED) is 0.208. The van der Waals surface area contributed by atoms with E-state index in [2.05, 4.69) is 11.9 Å². The number of nitrogens with two attached hydrogens (primary N) is 1. The molecule has 0 radical (unpaired) electrons. The second kappa shape index (κ2) is 10.2. The lowest BCUT2D eigenvalue weighted by Gasteiger charge is -1.99. The van der Waals surface area contributed by atoms with Crippen molar-refractivity contribution in [3.05, 3.63) is 10.1 Å². The van der Waals surface area contributed by atoms with Gasteiger partial charge in [0.2, 0.25) is 0 Å². The van der Waals surface area contributed by atoms with Gasteiger partial charge < -0.3 is 5.73 Å². The van der Waals surface area contributed by atoms with Gasteiger partial charge in [-0.25, -0.2) is 15.1 Å². The predicted octanol–water partition coefficient (Wildman–Crippen LogP) is 1.83. The molecule has 6 nitrogen and oxygen atoms in total. The first kappa shape index (κ1) is 14.7. The molecule has 0 aliphatic rings. The number of unbranched alkanes of at least 4 members (excludes halogenated alkanes) is 6. The lowest BCUT2D eigenvalue weighted by molar-refractivity contribution is -0.525. The van der Waals surface area contributed by atoms with E-state index in [-0.39, 0.29) is 5.96 Å². The average Bonchev–Trinajstić information content (AvgIpc) is 2.21. The fourth-order valence-electron chi connectivity index (χ4n) is 1.40. The van der Waals surface area contributed by atoms with Gasteiger partial charge in [-0.2, -0.15) is 0 Å². The molecule has 6 heteroatoms. The maximum atomic E-state index is 9.98. The second-order valence-corrected chi connectivity index (χ2v) is 3.76. The summed E-state index contributed by atoms with van der Waals surface area (Å²) >= 11 is 0. The minimum Gasteiger partial charge on any atom is -0.365 e. The summed E-state index contributed by atoms with van der Waals surface area (Å²) in [7, 11) is 0. The van der Waals surface area contributed by atoms with E-state index < -0.39 is 5.03 Å². The van der Waals surface area contributed by atoms with E-state index >= 15 is 0 Å². The van der Waals surface area contributed by atoms with Crippen molar-refractivity contribution >= 4 is 5.96 Å². The summed E-state index contributed by atoms with van der Waals surface area (Å²) in [6.07, 6.45) is 8.37. The Balaban J connectivity index is 3.28. The SMILES string of the molecule is CCCCCCCCCN=C(N)N[N+](=O)[O-]. The molecule has 94 valence electrons. The molecule has 0 spiro atoms. The molecule has 0 aromatic rings. The summed E-state index contributed by atoms with van der Waals surface area (Å²) in [5, 5.41) is 9.27. The van der Waals surface area contributed by atoms with Gasteiger partial charge in [-0.15, -0.1) is 0 Å². The highest BCUT2D eigenvalue weighted by Crippen LogP contribution is 2.06. The largest absolute Gasteiger partial charge is 0.365 e. The van der Waals surface area contributed by atoms with Gasteiger partial charge in [0, 0.05) is 6.54 Å². The molecular weight excluding hydrogens is 208 g/mol. The van der Waals surface area contributed by atoms with Crippen molar-refractivity contribution in [2.75, 3.05) is 6.54 Å². The van der Waals surface area contributed by atoms with Crippen LogP contribution in [0.5, 0.6) is 0 Å². The average molecular weight is 230 g/mol. The smallest absolute Gasteiger partial charge is 0.251 e. The number of hydrogen-bond donors (Lipinski definition) is 2. The Morgan fingerprint density at radius 1 is 1.25 bits per heavy atom. The lowest BCUT2D eigenvalue weighted by atomic mass is 10.1. The van der Waals surface area contributed by atoms with Crippen molar-refractivity contribution in [1.82, 2.24) is 5.43 Å². The number of nitrogens with zero attached hydrogens (tertiary/aromatic N) is 2. The molecule has 0 unspecified atom stereocenters. The third-order valence-electron chi connectivity index (χ3n) is 2.25. The normalized spacial score (nSPS) is 11.4. The van der Waals surface area contributed by atoms with Gasteiger partial charge in [0.05, 0.1) is 0 Å². The standard InChI is InChI=1S/C10H22N4O2/c1-2-3-4-5-6-7-8-9-12-10(11)13-14(15)16/h2-9H2,1H3,(H3,11,12,13). The minimum absolute atomic E-state index is 0.115. The van der Waals surface area contributed by atoms with Gasteiger partial charge in [0.1, 0.15) is 0 Å². The Labute approximate surface area is 96.4 Å². The summed E-state index contributed by atoms with van der Waals surface area (Å²) < 4.78 is 0. The Kier molecular flexibility index (Phi) is 9.35. The zero-order valence-corrected chi connectivity index (χ0v) is 9.95. The summed E-state index contributed by atoms with van der Waals surface area (Å²) in [5.74, 6) is -0.115. The zero-order chi connectivity index (χ0) is 12.2. The van der Waals surface area contributed by atoms with Crippen LogP contribution in [0.3, 0.4) is 0 Å². The number of nitrogens with one attached hydrogen (secondary N) is 1. The van der Waals surface area contributed by atoms with Crippen molar-refractivity contribution in [2.45, 2.75) is 51.9 Å². The lowest BCUT2D eigenvalue weighted by Crippen LogP contribution is -2.36. The van der Waals surface area contributed by atoms with Gasteiger partial charge in [-0.1, -0.05) is 50.9 Å². The highest BCUT2D eigenvalue weighted by molar-refractivity contribution is 5.76. The minimum atomic E-state index is -0.705. The first-order valence-electron chi connectivity index (χ1n) is 5.87. The predicted molar refractivity (Wildman–Crippen MR) is 64.6 cm³/mol. The van der Waals surface area contributed by atoms with Crippen LogP contribution in [0, 0.1) is 10.1 Å². The van der Waals surface area contributed by atoms with Crippen LogP contribution in [0.2, 0.25) is 0 Å². The summed E-state index contributed by atoms with van der Waals surface area (Å²) in [6, 6.07) is 0. The molecule has 16 heavy (non-hydrogen) atoms. The molecule has 0 aliphatic carbocycles. The molecule has 0 fully saturated rings. The van der Waals surface area contributed by atoms with E-state index in [9.17, 15) is 10.1 Å². The van der Waals surface area contributed by atoms with E-state index in [1.807, 2.05) is 5.43 Å². The van der Waals surface area contributed by atoms with Gasteiger partial charge in [-0.3, -0.25) is 0 Å². The Morgan fingerprint density at radius 2 is 1.81 bits per heavy atom. The van der Waals surface area contributed by atoms with Crippen LogP contribution in [0.4, 0.5) is 0 Å². The van der Waals surface area contributed by atoms with Crippen LogP contribution in [0.25, 0.3) is 0 Å². The fraction of sp³-hybridized carbons (Fsp3) is 0.900. The molecule has 0 bridgehead atoms.